The van der Waals surface area contributed by atoms with Gasteiger partial charge >= 0.3 is 0 Å². The molecule has 2 atom stereocenters. The fourth-order valence-electron chi connectivity index (χ4n) is 3.92. The molecular weight excluding hydrogens is 328 g/mol. The van der Waals surface area contributed by atoms with Crippen molar-refractivity contribution in [1.29, 1.82) is 0 Å². The zero-order valence-electron chi connectivity index (χ0n) is 12.8. The predicted molar refractivity (Wildman–Crippen MR) is 82.5 cm³/mol. The van der Waals surface area contributed by atoms with E-state index in [9.17, 15) is 24.9 Å². The van der Waals surface area contributed by atoms with Gasteiger partial charge in [0.1, 0.15) is 23.0 Å². The lowest BCUT2D eigenvalue weighted by atomic mass is 9.80. The van der Waals surface area contributed by atoms with Crippen LogP contribution in [0, 0.1) is 0 Å². The van der Waals surface area contributed by atoms with Crippen LogP contribution in [0.25, 0.3) is 0 Å². The molecule has 2 aliphatic heterocycles. The Morgan fingerprint density at radius 1 is 0.920 bits per heavy atom. The molecule has 0 amide bonds. The third-order valence-corrected chi connectivity index (χ3v) is 4.99. The van der Waals surface area contributed by atoms with Crippen LogP contribution in [0.3, 0.4) is 0 Å². The Morgan fingerprint density at radius 2 is 1.68 bits per heavy atom. The zero-order chi connectivity index (χ0) is 17.5. The minimum absolute atomic E-state index is 0.0151. The quantitative estimate of drug-likeness (QED) is 0.572. The van der Waals surface area contributed by atoms with E-state index in [1.807, 2.05) is 0 Å². The molecule has 1 saturated heterocycles. The summed E-state index contributed by atoms with van der Waals surface area (Å²) in [5, 5.41) is 30.1. The normalized spacial score (nSPS) is 22.9. The lowest BCUT2D eigenvalue weighted by molar-refractivity contribution is -0.0340. The largest absolute Gasteiger partial charge is 0.508 e. The summed E-state index contributed by atoms with van der Waals surface area (Å²) in [6, 6.07) is 3.39. The molecule has 3 aliphatic rings. The number of hydrogen-bond acceptors (Lipinski definition) is 7. The van der Waals surface area contributed by atoms with Crippen LogP contribution in [0.2, 0.25) is 0 Å². The van der Waals surface area contributed by atoms with Crippen molar-refractivity contribution >= 4 is 11.6 Å². The number of rotatable bonds is 0. The van der Waals surface area contributed by atoms with Gasteiger partial charge in [0, 0.05) is 22.8 Å². The Hall–Kier alpha value is -3.06. The molecule has 5 rings (SSSR count). The number of ether oxygens (including phenoxy) is 2. The summed E-state index contributed by atoms with van der Waals surface area (Å²) in [4.78, 5) is 25.8. The zero-order valence-corrected chi connectivity index (χ0v) is 12.8. The Labute approximate surface area is 141 Å². The molecular formula is C18H12O7. The minimum Gasteiger partial charge on any atom is -0.508 e. The van der Waals surface area contributed by atoms with Gasteiger partial charge in [0.25, 0.3) is 0 Å². The van der Waals surface area contributed by atoms with Crippen molar-refractivity contribution in [3.63, 3.8) is 0 Å². The first-order valence-corrected chi connectivity index (χ1v) is 7.81. The van der Waals surface area contributed by atoms with Crippen molar-refractivity contribution in [2.24, 2.45) is 0 Å². The predicted octanol–water partition coefficient (Wildman–Crippen LogP) is 1.80. The first-order chi connectivity index (χ1) is 12.0. The topological polar surface area (TPSA) is 113 Å². The van der Waals surface area contributed by atoms with Gasteiger partial charge < -0.3 is 24.8 Å². The number of hydrogen-bond donors (Lipinski definition) is 3. The highest BCUT2D eigenvalue weighted by Gasteiger charge is 2.46. The number of ketones is 2. The maximum absolute atomic E-state index is 13.0. The third-order valence-electron chi connectivity index (χ3n) is 4.99. The van der Waals surface area contributed by atoms with E-state index in [1.54, 1.807) is 0 Å². The molecule has 2 heterocycles. The maximum Gasteiger partial charge on any atom is 0.207 e. The Balaban J connectivity index is 1.80. The highest BCUT2D eigenvalue weighted by atomic mass is 16.7. The van der Waals surface area contributed by atoms with Gasteiger partial charge in [0.2, 0.25) is 12.1 Å². The third kappa shape index (κ3) is 1.68. The Morgan fingerprint density at radius 3 is 2.48 bits per heavy atom. The smallest absolute Gasteiger partial charge is 0.207 e. The number of aromatic hydroxyl groups is 3. The lowest BCUT2D eigenvalue weighted by Gasteiger charge is -2.21. The van der Waals surface area contributed by atoms with Crippen molar-refractivity contribution in [1.82, 2.24) is 0 Å². The number of fused-ring (bicyclic) bond motifs is 6. The second-order valence-electron chi connectivity index (χ2n) is 6.36. The molecule has 0 aromatic heterocycles. The van der Waals surface area contributed by atoms with Crippen LogP contribution in [-0.2, 0) is 4.74 Å². The number of phenols is 3. The van der Waals surface area contributed by atoms with Crippen LogP contribution in [0.1, 0.15) is 49.7 Å². The summed E-state index contributed by atoms with van der Waals surface area (Å²) in [5.74, 6) is -2.14. The van der Waals surface area contributed by atoms with E-state index in [0.717, 1.165) is 12.1 Å². The molecule has 126 valence electrons. The Bertz CT molecular complexity index is 992. The number of phenolic OH excluding ortho intramolecular Hbond substituents is 3. The molecule has 0 bridgehead atoms. The fourth-order valence-corrected chi connectivity index (χ4v) is 3.92. The van der Waals surface area contributed by atoms with Crippen LogP contribution in [-0.4, -0.2) is 39.8 Å². The highest BCUT2D eigenvalue weighted by molar-refractivity contribution is 6.30. The van der Waals surface area contributed by atoms with Crippen LogP contribution in [0.4, 0.5) is 0 Å². The molecule has 0 saturated carbocycles. The minimum atomic E-state index is -0.592. The molecule has 7 nitrogen and oxygen atoms in total. The second-order valence-corrected chi connectivity index (χ2v) is 6.36. The van der Waals surface area contributed by atoms with Gasteiger partial charge in [-0.2, -0.15) is 0 Å². The van der Waals surface area contributed by atoms with Crippen LogP contribution < -0.4 is 4.74 Å². The molecule has 1 aliphatic carbocycles. The average molecular weight is 340 g/mol. The summed E-state index contributed by atoms with van der Waals surface area (Å²) in [6.45, 7) is 0.487. The first-order valence-electron chi connectivity index (χ1n) is 7.81. The fraction of sp³-hybridized carbons (Fsp3) is 0.222. The molecule has 2 aromatic carbocycles. The number of carbonyl (C=O) groups excluding carboxylic acids is 2. The van der Waals surface area contributed by atoms with Crippen molar-refractivity contribution < 1.29 is 34.4 Å². The van der Waals surface area contributed by atoms with E-state index < -0.39 is 23.6 Å². The molecule has 2 aromatic rings. The highest BCUT2D eigenvalue weighted by Crippen LogP contribution is 2.53. The van der Waals surface area contributed by atoms with E-state index in [4.69, 9.17) is 9.47 Å². The van der Waals surface area contributed by atoms with E-state index in [2.05, 4.69) is 0 Å². The van der Waals surface area contributed by atoms with Gasteiger partial charge in [-0.25, -0.2) is 0 Å². The van der Waals surface area contributed by atoms with E-state index in [-0.39, 0.29) is 45.4 Å². The molecule has 7 heteroatoms. The molecule has 1 fully saturated rings. The van der Waals surface area contributed by atoms with Crippen molar-refractivity contribution in [3.8, 4) is 23.0 Å². The molecule has 3 N–H and O–H groups in total. The van der Waals surface area contributed by atoms with Crippen molar-refractivity contribution in [2.75, 3.05) is 6.61 Å². The first kappa shape index (κ1) is 14.3. The van der Waals surface area contributed by atoms with E-state index >= 15 is 0 Å². The summed E-state index contributed by atoms with van der Waals surface area (Å²) in [6.07, 6.45) is 0.0482. The standard InChI is InChI=1S/C18H12O7/c19-6-3-8-12(10(20)4-6)16(23)14-9(15(8)22)5-11(21)13-7-1-2-24-18(7)25-17(13)14/h3-5,7,18-21H,1-2H2/t7-,18+/m1/s1. The summed E-state index contributed by atoms with van der Waals surface area (Å²) in [5.41, 5.74) is 0.181. The van der Waals surface area contributed by atoms with Gasteiger partial charge in [-0.05, 0) is 18.6 Å². The van der Waals surface area contributed by atoms with Crippen molar-refractivity contribution in [2.45, 2.75) is 18.6 Å². The second kappa shape index (κ2) is 4.52. The summed E-state index contributed by atoms with van der Waals surface area (Å²) in [7, 11) is 0. The number of benzene rings is 2. The summed E-state index contributed by atoms with van der Waals surface area (Å²) < 4.78 is 11.2. The van der Waals surface area contributed by atoms with Gasteiger partial charge in [-0.3, -0.25) is 9.59 Å². The van der Waals surface area contributed by atoms with Crippen molar-refractivity contribution in [3.05, 3.63) is 46.0 Å². The monoisotopic (exact) mass is 340 g/mol. The molecule has 25 heavy (non-hydrogen) atoms. The summed E-state index contributed by atoms with van der Waals surface area (Å²) >= 11 is 0. The van der Waals surface area contributed by atoms with Gasteiger partial charge in [0.15, 0.2) is 5.78 Å². The SMILES string of the molecule is O=C1c2cc(O)cc(O)c2C(=O)c2c1cc(O)c1c2O[C@@H]2OCC[C@H]12. The lowest BCUT2D eigenvalue weighted by Crippen LogP contribution is -2.22. The van der Waals surface area contributed by atoms with E-state index in [0.29, 0.717) is 18.6 Å². The van der Waals surface area contributed by atoms with E-state index in [1.165, 1.54) is 6.07 Å². The van der Waals surface area contributed by atoms with Crippen LogP contribution in [0.15, 0.2) is 18.2 Å². The maximum atomic E-state index is 13.0. The number of carbonyl (C=O) groups is 2. The van der Waals surface area contributed by atoms with Crippen LogP contribution >= 0.6 is 0 Å². The average Bonchev–Trinajstić information content (AvgIpc) is 3.12. The molecule has 0 unspecified atom stereocenters. The molecule has 0 spiro atoms. The Kier molecular flexibility index (Phi) is 2.58. The van der Waals surface area contributed by atoms with Gasteiger partial charge in [-0.15, -0.1) is 0 Å². The van der Waals surface area contributed by atoms with Crippen LogP contribution in [0.5, 0.6) is 23.0 Å². The van der Waals surface area contributed by atoms with Gasteiger partial charge in [0.05, 0.1) is 23.7 Å². The van der Waals surface area contributed by atoms with Gasteiger partial charge in [-0.1, -0.05) is 0 Å². The molecule has 0 radical (unpaired) electrons.